The molecule has 8 heteroatoms. The van der Waals surface area contributed by atoms with Crippen LogP contribution in [0.2, 0.25) is 0 Å². The molecule has 2 aliphatic rings. The lowest BCUT2D eigenvalue weighted by molar-refractivity contribution is -0.136. The molecule has 4 amide bonds. The van der Waals surface area contributed by atoms with Crippen LogP contribution in [0.15, 0.2) is 18.2 Å². The Balaban J connectivity index is 1.71. The lowest BCUT2D eigenvalue weighted by atomic mass is 9.73. The topological polar surface area (TPSA) is 97.0 Å². The molecule has 2 unspecified atom stereocenters. The molecule has 146 valence electrons. The number of methoxy groups -OCH3 is 2. The van der Waals surface area contributed by atoms with E-state index in [2.05, 4.69) is 10.6 Å². The maximum atomic E-state index is 12.9. The normalized spacial score (nSPS) is 24.7. The van der Waals surface area contributed by atoms with E-state index in [0.717, 1.165) is 24.2 Å². The number of amides is 4. The zero-order valence-electron chi connectivity index (χ0n) is 15.8. The summed E-state index contributed by atoms with van der Waals surface area (Å²) in [6.45, 7) is 1.64. The van der Waals surface area contributed by atoms with Gasteiger partial charge in [-0.1, -0.05) is 19.8 Å². The van der Waals surface area contributed by atoms with E-state index in [4.69, 9.17) is 9.47 Å². The van der Waals surface area contributed by atoms with Crippen LogP contribution in [0, 0.1) is 5.92 Å². The molecule has 3 rings (SSSR count). The van der Waals surface area contributed by atoms with Crippen molar-refractivity contribution in [1.29, 1.82) is 0 Å². The molecule has 0 radical (unpaired) electrons. The van der Waals surface area contributed by atoms with Crippen molar-refractivity contribution in [2.45, 2.75) is 38.1 Å². The monoisotopic (exact) mass is 375 g/mol. The van der Waals surface area contributed by atoms with Crippen LogP contribution in [-0.2, 0) is 9.59 Å². The van der Waals surface area contributed by atoms with Crippen LogP contribution in [0.1, 0.15) is 32.6 Å². The van der Waals surface area contributed by atoms with Crippen LogP contribution in [-0.4, -0.2) is 49.0 Å². The number of hydrogen-bond acceptors (Lipinski definition) is 5. The Morgan fingerprint density at radius 2 is 1.89 bits per heavy atom. The second-order valence-electron chi connectivity index (χ2n) is 7.09. The van der Waals surface area contributed by atoms with Gasteiger partial charge in [-0.25, -0.2) is 4.79 Å². The lowest BCUT2D eigenvalue weighted by Crippen LogP contribution is -2.54. The predicted molar refractivity (Wildman–Crippen MR) is 98.8 cm³/mol. The molecule has 0 bridgehead atoms. The fourth-order valence-electron chi connectivity index (χ4n) is 3.86. The van der Waals surface area contributed by atoms with E-state index < -0.39 is 17.5 Å². The highest BCUT2D eigenvalue weighted by atomic mass is 16.5. The summed E-state index contributed by atoms with van der Waals surface area (Å²) in [7, 11) is 3.02. The molecule has 1 aromatic carbocycles. The van der Waals surface area contributed by atoms with E-state index in [-0.39, 0.29) is 18.4 Å². The van der Waals surface area contributed by atoms with Gasteiger partial charge in [-0.15, -0.1) is 0 Å². The maximum Gasteiger partial charge on any atom is 0.325 e. The summed E-state index contributed by atoms with van der Waals surface area (Å²) in [5.41, 5.74) is -0.404. The van der Waals surface area contributed by atoms with Gasteiger partial charge in [0.05, 0.1) is 14.2 Å². The number of urea groups is 1. The van der Waals surface area contributed by atoms with Crippen LogP contribution in [0.3, 0.4) is 0 Å². The zero-order chi connectivity index (χ0) is 19.6. The van der Waals surface area contributed by atoms with Crippen LogP contribution in [0.5, 0.6) is 11.5 Å². The minimum atomic E-state index is -0.866. The van der Waals surface area contributed by atoms with Gasteiger partial charge in [-0.3, -0.25) is 14.5 Å². The summed E-state index contributed by atoms with van der Waals surface area (Å²) in [6, 6.07) is 4.45. The lowest BCUT2D eigenvalue weighted by Gasteiger charge is -2.36. The largest absolute Gasteiger partial charge is 0.497 e. The molecule has 1 saturated heterocycles. The minimum Gasteiger partial charge on any atom is -0.497 e. The fourth-order valence-corrected chi connectivity index (χ4v) is 3.86. The van der Waals surface area contributed by atoms with Crippen LogP contribution in [0.4, 0.5) is 10.5 Å². The number of nitrogens with zero attached hydrogens (tertiary/aromatic N) is 1. The van der Waals surface area contributed by atoms with Gasteiger partial charge in [-0.05, 0) is 18.8 Å². The first-order valence-corrected chi connectivity index (χ1v) is 9.06. The molecule has 0 aromatic heterocycles. The van der Waals surface area contributed by atoms with Gasteiger partial charge in [-0.2, -0.15) is 0 Å². The predicted octanol–water partition coefficient (Wildman–Crippen LogP) is 2.14. The molecule has 2 N–H and O–H groups in total. The maximum absolute atomic E-state index is 12.9. The van der Waals surface area contributed by atoms with E-state index in [1.807, 2.05) is 6.92 Å². The Morgan fingerprint density at radius 3 is 2.48 bits per heavy atom. The Morgan fingerprint density at radius 1 is 1.22 bits per heavy atom. The van der Waals surface area contributed by atoms with Gasteiger partial charge in [0.15, 0.2) is 0 Å². The van der Waals surface area contributed by atoms with Crippen molar-refractivity contribution in [2.75, 3.05) is 26.1 Å². The average Bonchev–Trinajstić information content (AvgIpc) is 2.88. The SMILES string of the molecule is COc1cc(NC(=O)CN2C(=O)NC3(CCCCC3C)C2=O)cc(OC)c1. The fraction of sp³-hybridized carbons (Fsp3) is 0.526. The van der Waals surface area contributed by atoms with Crippen molar-refractivity contribution in [3.63, 3.8) is 0 Å². The van der Waals surface area contributed by atoms with Gasteiger partial charge in [0, 0.05) is 23.9 Å². The summed E-state index contributed by atoms with van der Waals surface area (Å²) in [4.78, 5) is 38.7. The summed E-state index contributed by atoms with van der Waals surface area (Å²) >= 11 is 0. The van der Waals surface area contributed by atoms with Crippen molar-refractivity contribution < 1.29 is 23.9 Å². The first-order valence-electron chi connectivity index (χ1n) is 9.06. The van der Waals surface area contributed by atoms with Gasteiger partial charge in [0.1, 0.15) is 23.6 Å². The Hall–Kier alpha value is -2.77. The van der Waals surface area contributed by atoms with Gasteiger partial charge in [0.25, 0.3) is 5.91 Å². The second-order valence-corrected chi connectivity index (χ2v) is 7.09. The molecular formula is C19H25N3O5. The number of nitrogens with one attached hydrogen (secondary N) is 2. The highest BCUT2D eigenvalue weighted by molar-refractivity contribution is 6.10. The van der Waals surface area contributed by atoms with Gasteiger partial charge < -0.3 is 20.1 Å². The summed E-state index contributed by atoms with van der Waals surface area (Å²) in [6.07, 6.45) is 3.43. The molecule has 1 saturated carbocycles. The van der Waals surface area contributed by atoms with Crippen molar-refractivity contribution in [3.05, 3.63) is 18.2 Å². The molecule has 1 heterocycles. The number of imide groups is 1. The highest BCUT2D eigenvalue weighted by Gasteiger charge is 2.55. The first-order chi connectivity index (χ1) is 12.9. The number of ether oxygens (including phenoxy) is 2. The molecule has 2 atom stereocenters. The summed E-state index contributed by atoms with van der Waals surface area (Å²) in [5.74, 6) is 0.329. The van der Waals surface area contributed by atoms with Crippen LogP contribution >= 0.6 is 0 Å². The van der Waals surface area contributed by atoms with Crippen molar-refractivity contribution in [2.24, 2.45) is 5.92 Å². The van der Waals surface area contributed by atoms with E-state index >= 15 is 0 Å². The summed E-state index contributed by atoms with van der Waals surface area (Å²) in [5, 5.41) is 5.53. The number of hydrogen-bond donors (Lipinski definition) is 2. The number of rotatable bonds is 5. The number of carbonyl (C=O) groups excluding carboxylic acids is 3. The minimum absolute atomic E-state index is 0.0541. The van der Waals surface area contributed by atoms with Crippen molar-refractivity contribution in [1.82, 2.24) is 10.2 Å². The third-order valence-corrected chi connectivity index (χ3v) is 5.44. The van der Waals surface area contributed by atoms with Crippen LogP contribution < -0.4 is 20.1 Å². The molecule has 27 heavy (non-hydrogen) atoms. The van der Waals surface area contributed by atoms with Gasteiger partial charge >= 0.3 is 6.03 Å². The average molecular weight is 375 g/mol. The van der Waals surface area contributed by atoms with Crippen LogP contribution in [0.25, 0.3) is 0 Å². The molecular weight excluding hydrogens is 350 g/mol. The third kappa shape index (κ3) is 3.56. The van der Waals surface area contributed by atoms with Gasteiger partial charge in [0.2, 0.25) is 5.91 Å². The van der Waals surface area contributed by atoms with Crippen molar-refractivity contribution in [3.8, 4) is 11.5 Å². The second kappa shape index (κ2) is 7.46. The zero-order valence-corrected chi connectivity index (χ0v) is 15.8. The standard InChI is InChI=1S/C19H25N3O5/c1-12-6-4-5-7-19(12)17(24)22(18(25)21-19)11-16(23)20-13-8-14(26-2)10-15(9-13)27-3/h8-10,12H,4-7,11H2,1-3H3,(H,20,23)(H,21,25). The summed E-state index contributed by atoms with van der Waals surface area (Å²) < 4.78 is 10.3. The number of benzene rings is 1. The Bertz CT molecular complexity index is 743. The van der Waals surface area contributed by atoms with Crippen molar-refractivity contribution >= 4 is 23.5 Å². The van der Waals surface area contributed by atoms with E-state index in [1.54, 1.807) is 18.2 Å². The number of anilines is 1. The molecule has 2 fully saturated rings. The number of carbonyl (C=O) groups is 3. The van der Waals surface area contributed by atoms with E-state index in [0.29, 0.717) is 23.6 Å². The Labute approximate surface area is 158 Å². The first kappa shape index (κ1) is 19.0. The molecule has 1 aromatic rings. The van der Waals surface area contributed by atoms with E-state index in [9.17, 15) is 14.4 Å². The highest BCUT2D eigenvalue weighted by Crippen LogP contribution is 2.38. The molecule has 1 aliphatic heterocycles. The smallest absolute Gasteiger partial charge is 0.325 e. The van der Waals surface area contributed by atoms with E-state index in [1.165, 1.54) is 14.2 Å². The third-order valence-electron chi connectivity index (χ3n) is 5.44. The molecule has 1 spiro atoms. The molecule has 8 nitrogen and oxygen atoms in total. The molecule has 1 aliphatic carbocycles. The Kier molecular flexibility index (Phi) is 5.25. The quantitative estimate of drug-likeness (QED) is 0.769.